The Bertz CT molecular complexity index is 739. The molecule has 0 amide bonds. The topological polar surface area (TPSA) is 55.8 Å². The second kappa shape index (κ2) is 9.41. The second-order valence-corrected chi connectivity index (χ2v) is 10.5. The summed E-state index contributed by atoms with van der Waals surface area (Å²) in [5, 5.41) is 11.1. The summed E-state index contributed by atoms with van der Waals surface area (Å²) < 4.78 is 12.1. The van der Waals surface area contributed by atoms with Crippen LogP contribution in [0.25, 0.3) is 0 Å². The molecule has 2 aromatic rings. The Morgan fingerprint density at radius 2 is 1.74 bits per heavy atom. The van der Waals surface area contributed by atoms with Crippen LogP contribution in [0.3, 0.4) is 0 Å². The van der Waals surface area contributed by atoms with Crippen molar-refractivity contribution in [2.24, 2.45) is 5.92 Å². The Morgan fingerprint density at radius 1 is 1.07 bits per heavy atom. The fraction of sp³-hybridized carbons (Fsp3) is 0.409. The summed E-state index contributed by atoms with van der Waals surface area (Å²) in [4.78, 5) is 12.9. The molecule has 0 aliphatic heterocycles. The van der Waals surface area contributed by atoms with Crippen LogP contribution in [-0.2, 0) is 9.53 Å². The van der Waals surface area contributed by atoms with Crippen molar-refractivity contribution in [2.75, 3.05) is 7.11 Å². The molecular formula is C22H28O4Se. The fourth-order valence-corrected chi connectivity index (χ4v) is 5.18. The van der Waals surface area contributed by atoms with Gasteiger partial charge in [0.25, 0.3) is 0 Å². The van der Waals surface area contributed by atoms with Crippen molar-refractivity contribution in [2.45, 2.75) is 44.2 Å². The number of carbonyl (C=O) groups excluding carboxylic acids is 1. The van der Waals surface area contributed by atoms with E-state index >= 15 is 0 Å². The first-order valence-corrected chi connectivity index (χ1v) is 10.8. The van der Waals surface area contributed by atoms with Gasteiger partial charge in [-0.15, -0.1) is 0 Å². The fourth-order valence-electron chi connectivity index (χ4n) is 2.77. The van der Waals surface area contributed by atoms with Gasteiger partial charge in [-0.1, -0.05) is 0 Å². The number of rotatable bonds is 7. The van der Waals surface area contributed by atoms with Crippen LogP contribution in [0.4, 0.5) is 0 Å². The minimum absolute atomic E-state index is 0.0165. The molecule has 0 spiro atoms. The van der Waals surface area contributed by atoms with Crippen molar-refractivity contribution >= 4 is 25.4 Å². The third kappa shape index (κ3) is 6.39. The van der Waals surface area contributed by atoms with Gasteiger partial charge in [0, 0.05) is 0 Å². The molecule has 0 saturated carbocycles. The Hall–Kier alpha value is -1.81. The zero-order chi connectivity index (χ0) is 20.0. The molecule has 0 aromatic heterocycles. The maximum absolute atomic E-state index is 13.0. The number of hydrogen-bond donors (Lipinski definition) is 1. The third-order valence-corrected chi connectivity index (χ3v) is 6.56. The summed E-state index contributed by atoms with van der Waals surface area (Å²) in [6.07, 6.45) is -0.962. The van der Waals surface area contributed by atoms with E-state index < -0.39 is 17.6 Å². The molecule has 4 nitrogen and oxygen atoms in total. The van der Waals surface area contributed by atoms with Crippen LogP contribution < -0.4 is 9.20 Å². The van der Waals surface area contributed by atoms with Gasteiger partial charge in [0.15, 0.2) is 0 Å². The third-order valence-electron chi connectivity index (χ3n) is 4.03. The van der Waals surface area contributed by atoms with Crippen molar-refractivity contribution in [1.29, 1.82) is 0 Å². The molecule has 2 rings (SSSR count). The molecule has 0 saturated heterocycles. The molecule has 27 heavy (non-hydrogen) atoms. The van der Waals surface area contributed by atoms with Gasteiger partial charge in [0.2, 0.25) is 0 Å². The van der Waals surface area contributed by atoms with Gasteiger partial charge in [-0.3, -0.25) is 0 Å². The van der Waals surface area contributed by atoms with Crippen LogP contribution in [0.5, 0.6) is 5.75 Å². The van der Waals surface area contributed by atoms with Crippen molar-refractivity contribution in [3.05, 3.63) is 60.2 Å². The monoisotopic (exact) mass is 436 g/mol. The molecule has 0 unspecified atom stereocenters. The molecule has 3 atom stereocenters. The summed E-state index contributed by atoms with van der Waals surface area (Å²) in [6, 6.07) is 17.3. The SMILES string of the molecule is COc1cccc([C@H](O)[C@@H](C(=O)OC(C)(C)C)[C@H](C)[Se]c2ccccc2)c1. The zero-order valence-electron chi connectivity index (χ0n) is 16.5. The van der Waals surface area contributed by atoms with Crippen molar-refractivity contribution in [3.8, 4) is 5.75 Å². The maximum atomic E-state index is 13.0. The van der Waals surface area contributed by atoms with Crippen LogP contribution >= 0.6 is 0 Å². The van der Waals surface area contributed by atoms with Crippen molar-refractivity contribution in [3.63, 3.8) is 0 Å². The standard InChI is InChI=1S/C22H28O4Se/c1-15(27-18-12-7-6-8-13-18)19(21(24)26-22(2,3)4)20(23)16-10-9-11-17(14-16)25-5/h6-15,19-20,23H,1-5H3/t15-,19-,20-/m0/s1. The van der Waals surface area contributed by atoms with Crippen LogP contribution in [-0.4, -0.2) is 38.7 Å². The van der Waals surface area contributed by atoms with Crippen LogP contribution in [0, 0.1) is 5.92 Å². The van der Waals surface area contributed by atoms with Gasteiger partial charge in [-0.2, -0.15) is 0 Å². The number of esters is 1. The zero-order valence-corrected chi connectivity index (χ0v) is 18.2. The quantitative estimate of drug-likeness (QED) is 0.534. The number of ether oxygens (including phenoxy) is 2. The molecule has 0 aliphatic carbocycles. The normalized spacial score (nSPS) is 14.9. The Labute approximate surface area is 168 Å². The first-order chi connectivity index (χ1) is 12.7. The van der Waals surface area contributed by atoms with Gasteiger partial charge in [-0.05, 0) is 0 Å². The summed E-state index contributed by atoms with van der Waals surface area (Å²) in [5.41, 5.74) is 0.0454. The number of carbonyl (C=O) groups is 1. The van der Waals surface area contributed by atoms with Crippen LogP contribution in [0.1, 0.15) is 39.4 Å². The van der Waals surface area contributed by atoms with E-state index in [4.69, 9.17) is 9.47 Å². The summed E-state index contributed by atoms with van der Waals surface area (Å²) in [5.74, 6) is -0.379. The number of methoxy groups -OCH3 is 1. The number of benzene rings is 2. The molecule has 0 fully saturated rings. The number of hydrogen-bond acceptors (Lipinski definition) is 4. The first kappa shape index (κ1) is 21.5. The average molecular weight is 435 g/mol. The van der Waals surface area contributed by atoms with E-state index in [1.165, 1.54) is 4.46 Å². The van der Waals surface area contributed by atoms with Gasteiger partial charge in [0.1, 0.15) is 0 Å². The molecule has 5 heteroatoms. The van der Waals surface area contributed by atoms with Crippen molar-refractivity contribution in [1.82, 2.24) is 0 Å². The molecule has 0 radical (unpaired) electrons. The van der Waals surface area contributed by atoms with Crippen LogP contribution in [0.2, 0.25) is 4.82 Å². The van der Waals surface area contributed by atoms with E-state index in [9.17, 15) is 9.90 Å². The molecule has 0 bridgehead atoms. The van der Waals surface area contributed by atoms with Crippen molar-refractivity contribution < 1.29 is 19.4 Å². The average Bonchev–Trinajstić information content (AvgIpc) is 2.61. The van der Waals surface area contributed by atoms with E-state index in [-0.39, 0.29) is 25.7 Å². The summed E-state index contributed by atoms with van der Waals surface area (Å²) in [7, 11) is 1.58. The van der Waals surface area contributed by atoms with Gasteiger partial charge < -0.3 is 0 Å². The first-order valence-electron chi connectivity index (χ1n) is 8.98. The van der Waals surface area contributed by atoms with E-state index in [1.807, 2.05) is 64.1 Å². The van der Waals surface area contributed by atoms with E-state index in [0.717, 1.165) is 0 Å². The molecular weight excluding hydrogens is 407 g/mol. The number of aliphatic hydroxyl groups is 1. The summed E-state index contributed by atoms with van der Waals surface area (Å²) in [6.45, 7) is 7.53. The molecule has 0 aliphatic rings. The Balaban J connectivity index is 2.31. The van der Waals surface area contributed by atoms with Gasteiger partial charge in [-0.25, -0.2) is 0 Å². The van der Waals surface area contributed by atoms with E-state index in [2.05, 4.69) is 12.1 Å². The van der Waals surface area contributed by atoms with Gasteiger partial charge >= 0.3 is 168 Å². The van der Waals surface area contributed by atoms with Gasteiger partial charge in [0.05, 0.1) is 0 Å². The van der Waals surface area contributed by atoms with E-state index in [1.54, 1.807) is 13.2 Å². The Kier molecular flexibility index (Phi) is 7.49. The molecule has 146 valence electrons. The second-order valence-electron chi connectivity index (χ2n) is 7.42. The van der Waals surface area contributed by atoms with Crippen LogP contribution in [0.15, 0.2) is 54.6 Å². The molecule has 1 N–H and O–H groups in total. The summed E-state index contributed by atoms with van der Waals surface area (Å²) >= 11 is 0.0165. The Morgan fingerprint density at radius 3 is 2.33 bits per heavy atom. The number of aliphatic hydroxyl groups excluding tert-OH is 1. The predicted octanol–water partition coefficient (Wildman–Crippen LogP) is 3.52. The van der Waals surface area contributed by atoms with E-state index in [0.29, 0.717) is 11.3 Å². The molecule has 0 heterocycles. The molecule has 2 aromatic carbocycles. The predicted molar refractivity (Wildman–Crippen MR) is 109 cm³/mol. The minimum atomic E-state index is -0.962.